The van der Waals surface area contributed by atoms with Crippen LogP contribution >= 0.6 is 0 Å². The largest absolute Gasteiger partial charge is 0.389 e. The van der Waals surface area contributed by atoms with Gasteiger partial charge in [0.15, 0.2) is 0 Å². The second kappa shape index (κ2) is 12.3. The Morgan fingerprint density at radius 1 is 1.26 bits per heavy atom. The quantitative estimate of drug-likeness (QED) is 0.369. The number of nitrogens with two attached hydrogens (primary N) is 1. The lowest BCUT2D eigenvalue weighted by atomic mass is 10.4. The van der Waals surface area contributed by atoms with Crippen LogP contribution in [0.5, 0.6) is 0 Å². The Kier molecular flexibility index (Phi) is 11.8. The fourth-order valence-electron chi connectivity index (χ4n) is 1.21. The zero-order chi connectivity index (χ0) is 14.5. The summed E-state index contributed by atoms with van der Waals surface area (Å²) in [5.74, 6) is -0.489. The lowest BCUT2D eigenvalue weighted by molar-refractivity contribution is -0.122. The zero-order valence-corrected chi connectivity index (χ0v) is 11.8. The number of aliphatic hydroxyl groups excluding tert-OH is 1. The van der Waals surface area contributed by atoms with Crippen molar-refractivity contribution in [3.63, 3.8) is 0 Å². The summed E-state index contributed by atoms with van der Waals surface area (Å²) in [6.45, 7) is 6.41. The Labute approximate surface area is 114 Å². The topological polar surface area (TPSA) is 103 Å². The van der Waals surface area contributed by atoms with Gasteiger partial charge in [0.1, 0.15) is 6.61 Å². The predicted molar refractivity (Wildman–Crippen MR) is 70.8 cm³/mol. The molecule has 1 atom stereocenters. The van der Waals surface area contributed by atoms with Crippen LogP contribution in [0.15, 0.2) is 0 Å². The molecule has 0 radical (unpaired) electrons. The molecule has 0 fully saturated rings. The molecule has 0 rings (SSSR count). The van der Waals surface area contributed by atoms with E-state index in [-0.39, 0.29) is 19.3 Å². The molecule has 0 aliphatic carbocycles. The first-order valence-electron chi connectivity index (χ1n) is 6.46. The first kappa shape index (κ1) is 18.3. The summed E-state index contributed by atoms with van der Waals surface area (Å²) < 4.78 is 15.5. The van der Waals surface area contributed by atoms with Crippen molar-refractivity contribution < 1.29 is 24.1 Å². The molecule has 7 nitrogen and oxygen atoms in total. The summed E-state index contributed by atoms with van der Waals surface area (Å²) in [4.78, 5) is 10.4. The minimum absolute atomic E-state index is 0.0802. The first-order valence-corrected chi connectivity index (χ1v) is 6.46. The molecule has 7 heteroatoms. The minimum Gasteiger partial charge on any atom is -0.389 e. The second-order valence-corrected chi connectivity index (χ2v) is 4.37. The second-order valence-electron chi connectivity index (χ2n) is 4.37. The number of primary amides is 1. The highest BCUT2D eigenvalue weighted by Gasteiger charge is 2.03. The lowest BCUT2D eigenvalue weighted by Crippen LogP contribution is -2.33. The maximum absolute atomic E-state index is 10.4. The van der Waals surface area contributed by atoms with Crippen molar-refractivity contribution >= 4 is 5.91 Å². The smallest absolute Gasteiger partial charge is 0.243 e. The summed E-state index contributed by atoms with van der Waals surface area (Å²) in [6, 6.07) is 0. The van der Waals surface area contributed by atoms with Crippen molar-refractivity contribution in [3.8, 4) is 0 Å². The maximum atomic E-state index is 10.4. The third-order valence-electron chi connectivity index (χ3n) is 2.04. The first-order chi connectivity index (χ1) is 9.02. The number of hydrogen-bond acceptors (Lipinski definition) is 6. The number of aliphatic hydroxyl groups is 1. The van der Waals surface area contributed by atoms with E-state index in [0.717, 1.165) is 0 Å². The van der Waals surface area contributed by atoms with Crippen molar-refractivity contribution in [2.45, 2.75) is 26.1 Å². The number of nitrogens with one attached hydrogen (secondary N) is 1. The van der Waals surface area contributed by atoms with Gasteiger partial charge in [-0.15, -0.1) is 0 Å². The molecular weight excluding hydrogens is 252 g/mol. The molecule has 0 bridgehead atoms. The van der Waals surface area contributed by atoms with Crippen LogP contribution in [0, 0.1) is 0 Å². The predicted octanol–water partition coefficient (Wildman–Crippen LogP) is -1.12. The van der Waals surface area contributed by atoms with Crippen LogP contribution in [-0.2, 0) is 19.0 Å². The zero-order valence-electron chi connectivity index (χ0n) is 11.8. The Hall–Kier alpha value is -0.730. The van der Waals surface area contributed by atoms with E-state index < -0.39 is 12.0 Å². The Morgan fingerprint density at radius 2 is 2.00 bits per heavy atom. The van der Waals surface area contributed by atoms with Gasteiger partial charge in [0.05, 0.1) is 38.6 Å². The van der Waals surface area contributed by atoms with Gasteiger partial charge in [0.25, 0.3) is 0 Å². The van der Waals surface area contributed by atoms with Gasteiger partial charge in [0, 0.05) is 13.1 Å². The van der Waals surface area contributed by atoms with Gasteiger partial charge in [-0.2, -0.15) is 0 Å². The number of carbonyl (C=O) groups excluding carboxylic acids is 1. The SMILES string of the molecule is CC(C)OCCOCC(O)CNCCOCC(N)=O. The highest BCUT2D eigenvalue weighted by molar-refractivity contribution is 5.74. The summed E-state index contributed by atoms with van der Waals surface area (Å²) >= 11 is 0. The van der Waals surface area contributed by atoms with Gasteiger partial charge >= 0.3 is 0 Å². The number of amides is 1. The van der Waals surface area contributed by atoms with Crippen LogP contribution in [0.25, 0.3) is 0 Å². The van der Waals surface area contributed by atoms with Crippen LogP contribution in [-0.4, -0.2) is 69.3 Å². The summed E-state index contributed by atoms with van der Waals surface area (Å²) in [6.07, 6.45) is -0.384. The molecule has 0 aliphatic heterocycles. The molecular formula is C12H26N2O5. The average molecular weight is 278 g/mol. The molecule has 0 aromatic rings. The molecule has 19 heavy (non-hydrogen) atoms. The Balaban J connectivity index is 3.21. The van der Waals surface area contributed by atoms with Gasteiger partial charge in [-0.1, -0.05) is 0 Å². The van der Waals surface area contributed by atoms with Crippen LogP contribution in [0.2, 0.25) is 0 Å². The fraction of sp³-hybridized carbons (Fsp3) is 0.917. The molecule has 114 valence electrons. The van der Waals surface area contributed by atoms with E-state index in [1.807, 2.05) is 13.8 Å². The molecule has 1 amide bonds. The maximum Gasteiger partial charge on any atom is 0.243 e. The fourth-order valence-corrected chi connectivity index (χ4v) is 1.21. The van der Waals surface area contributed by atoms with Gasteiger partial charge in [0.2, 0.25) is 5.91 Å². The third-order valence-corrected chi connectivity index (χ3v) is 2.04. The molecule has 0 aliphatic rings. The van der Waals surface area contributed by atoms with Gasteiger partial charge in [-0.3, -0.25) is 4.79 Å². The van der Waals surface area contributed by atoms with Gasteiger partial charge in [-0.05, 0) is 13.8 Å². The van der Waals surface area contributed by atoms with E-state index in [1.54, 1.807) is 0 Å². The number of hydrogen-bond donors (Lipinski definition) is 3. The minimum atomic E-state index is -0.574. The standard InChI is InChI=1S/C12H26N2O5/c1-10(2)19-6-5-18-8-11(15)7-14-3-4-17-9-12(13)16/h10-11,14-15H,3-9H2,1-2H3,(H2,13,16). The van der Waals surface area contributed by atoms with Crippen LogP contribution in [0.4, 0.5) is 0 Å². The van der Waals surface area contributed by atoms with Gasteiger partial charge < -0.3 is 30.4 Å². The molecule has 0 saturated heterocycles. The van der Waals surface area contributed by atoms with E-state index in [0.29, 0.717) is 32.9 Å². The van der Waals surface area contributed by atoms with Crippen molar-refractivity contribution in [1.82, 2.24) is 5.32 Å². The lowest BCUT2D eigenvalue weighted by Gasteiger charge is -2.13. The monoisotopic (exact) mass is 278 g/mol. The van der Waals surface area contributed by atoms with Crippen molar-refractivity contribution in [2.75, 3.05) is 46.1 Å². The average Bonchev–Trinajstić information content (AvgIpc) is 2.32. The van der Waals surface area contributed by atoms with Crippen LogP contribution in [0.3, 0.4) is 0 Å². The summed E-state index contributed by atoms with van der Waals surface area (Å²) in [7, 11) is 0. The highest BCUT2D eigenvalue weighted by Crippen LogP contribution is 1.89. The highest BCUT2D eigenvalue weighted by atomic mass is 16.5. The Bertz CT molecular complexity index is 226. The van der Waals surface area contributed by atoms with Crippen molar-refractivity contribution in [3.05, 3.63) is 0 Å². The molecule has 1 unspecified atom stereocenters. The summed E-state index contributed by atoms with van der Waals surface area (Å²) in [5, 5.41) is 12.5. The third kappa shape index (κ3) is 15.2. The van der Waals surface area contributed by atoms with Crippen LogP contribution in [0.1, 0.15) is 13.8 Å². The van der Waals surface area contributed by atoms with Crippen LogP contribution < -0.4 is 11.1 Å². The van der Waals surface area contributed by atoms with Crippen molar-refractivity contribution in [2.24, 2.45) is 5.73 Å². The Morgan fingerprint density at radius 3 is 2.63 bits per heavy atom. The van der Waals surface area contributed by atoms with E-state index in [2.05, 4.69) is 5.32 Å². The molecule has 0 spiro atoms. The van der Waals surface area contributed by atoms with E-state index in [1.165, 1.54) is 0 Å². The number of rotatable bonds is 13. The number of carbonyl (C=O) groups is 1. The molecule has 0 heterocycles. The number of ether oxygens (including phenoxy) is 3. The molecule has 0 aromatic carbocycles. The normalized spacial score (nSPS) is 12.8. The van der Waals surface area contributed by atoms with Crippen molar-refractivity contribution in [1.29, 1.82) is 0 Å². The molecule has 0 aromatic heterocycles. The van der Waals surface area contributed by atoms with E-state index >= 15 is 0 Å². The van der Waals surface area contributed by atoms with E-state index in [4.69, 9.17) is 19.9 Å². The molecule has 0 saturated carbocycles. The molecule has 4 N–H and O–H groups in total. The summed E-state index contributed by atoms with van der Waals surface area (Å²) in [5.41, 5.74) is 4.90. The van der Waals surface area contributed by atoms with Gasteiger partial charge in [-0.25, -0.2) is 0 Å². The van der Waals surface area contributed by atoms with E-state index in [9.17, 15) is 9.90 Å².